The molecule has 154 valence electrons. The van der Waals surface area contributed by atoms with Gasteiger partial charge in [0, 0.05) is 12.8 Å². The molecule has 0 saturated carbocycles. The Morgan fingerprint density at radius 1 is 0.833 bits per heavy atom. The Morgan fingerprint density at radius 3 is 2.30 bits per heavy atom. The fraction of sp³-hybridized carbons (Fsp3) is 0.167. The normalized spacial score (nSPS) is 10.3. The molecule has 0 atom stereocenters. The number of carbonyl (C=O) groups excluding carboxylic acids is 2. The average Bonchev–Trinajstić information content (AvgIpc) is 2.78. The van der Waals surface area contributed by atoms with Crippen molar-refractivity contribution in [1.82, 2.24) is 0 Å². The van der Waals surface area contributed by atoms with E-state index in [4.69, 9.17) is 14.2 Å². The van der Waals surface area contributed by atoms with Crippen molar-refractivity contribution in [2.24, 2.45) is 0 Å². The number of hydrogen-bond acceptors (Lipinski definition) is 5. The SMILES string of the molecule is COCc1cccc(C(=O)OCC(=O)Nc2ccc(OCc3ccccc3)cc2)c1. The van der Waals surface area contributed by atoms with Gasteiger partial charge in [0.2, 0.25) is 0 Å². The second-order valence-electron chi connectivity index (χ2n) is 6.56. The highest BCUT2D eigenvalue weighted by atomic mass is 16.5. The summed E-state index contributed by atoms with van der Waals surface area (Å²) in [7, 11) is 1.58. The Morgan fingerprint density at radius 2 is 1.57 bits per heavy atom. The van der Waals surface area contributed by atoms with Crippen LogP contribution in [0.4, 0.5) is 5.69 Å². The second kappa shape index (κ2) is 10.8. The molecule has 0 aliphatic heterocycles. The number of benzene rings is 3. The van der Waals surface area contributed by atoms with Gasteiger partial charge in [0.05, 0.1) is 12.2 Å². The number of ether oxygens (including phenoxy) is 3. The van der Waals surface area contributed by atoms with Gasteiger partial charge in [-0.3, -0.25) is 4.79 Å². The molecule has 1 N–H and O–H groups in total. The number of esters is 1. The predicted octanol–water partition coefficient (Wildman–Crippen LogP) is 4.21. The Bertz CT molecular complexity index is 970. The van der Waals surface area contributed by atoms with Crippen LogP contribution >= 0.6 is 0 Å². The first kappa shape index (κ1) is 21.1. The van der Waals surface area contributed by atoms with Crippen molar-refractivity contribution < 1.29 is 23.8 Å². The number of anilines is 1. The van der Waals surface area contributed by atoms with Crippen LogP contribution < -0.4 is 10.1 Å². The summed E-state index contributed by atoms with van der Waals surface area (Å²) < 4.78 is 15.9. The van der Waals surface area contributed by atoms with Crippen molar-refractivity contribution in [2.45, 2.75) is 13.2 Å². The zero-order valence-corrected chi connectivity index (χ0v) is 16.7. The first-order valence-corrected chi connectivity index (χ1v) is 9.45. The van der Waals surface area contributed by atoms with E-state index in [1.807, 2.05) is 36.4 Å². The molecule has 0 bridgehead atoms. The van der Waals surface area contributed by atoms with E-state index in [-0.39, 0.29) is 6.61 Å². The van der Waals surface area contributed by atoms with Crippen LogP contribution in [0, 0.1) is 0 Å². The number of hydrogen-bond donors (Lipinski definition) is 1. The quantitative estimate of drug-likeness (QED) is 0.540. The van der Waals surface area contributed by atoms with Crippen molar-refractivity contribution in [3.05, 3.63) is 95.6 Å². The molecule has 1 amide bonds. The van der Waals surface area contributed by atoms with Crippen LogP contribution in [0.15, 0.2) is 78.9 Å². The van der Waals surface area contributed by atoms with Crippen LogP contribution in [-0.2, 0) is 27.5 Å². The van der Waals surface area contributed by atoms with Gasteiger partial charge in [0.15, 0.2) is 6.61 Å². The number of rotatable bonds is 9. The fourth-order valence-electron chi connectivity index (χ4n) is 2.74. The number of methoxy groups -OCH3 is 1. The van der Waals surface area contributed by atoms with Gasteiger partial charge in [-0.25, -0.2) is 4.79 Å². The minimum Gasteiger partial charge on any atom is -0.489 e. The smallest absolute Gasteiger partial charge is 0.338 e. The maximum atomic E-state index is 12.1. The van der Waals surface area contributed by atoms with E-state index in [1.54, 1.807) is 49.6 Å². The van der Waals surface area contributed by atoms with E-state index in [0.717, 1.165) is 11.1 Å². The fourth-order valence-corrected chi connectivity index (χ4v) is 2.74. The molecule has 0 unspecified atom stereocenters. The largest absolute Gasteiger partial charge is 0.489 e. The van der Waals surface area contributed by atoms with Crippen molar-refractivity contribution in [2.75, 3.05) is 19.0 Å². The molecule has 6 heteroatoms. The first-order chi connectivity index (χ1) is 14.6. The Kier molecular flexibility index (Phi) is 7.58. The van der Waals surface area contributed by atoms with Crippen molar-refractivity contribution in [3.63, 3.8) is 0 Å². The summed E-state index contributed by atoms with van der Waals surface area (Å²) in [4.78, 5) is 24.2. The van der Waals surface area contributed by atoms with Crippen LogP contribution in [0.2, 0.25) is 0 Å². The summed E-state index contributed by atoms with van der Waals surface area (Å²) in [6.45, 7) is 0.486. The van der Waals surface area contributed by atoms with Crippen LogP contribution in [-0.4, -0.2) is 25.6 Å². The standard InChI is InChI=1S/C24H23NO5/c1-28-15-19-8-5-9-20(14-19)24(27)30-17-23(26)25-21-10-12-22(13-11-21)29-16-18-6-3-2-4-7-18/h2-14H,15-17H2,1H3,(H,25,26). The molecule has 6 nitrogen and oxygen atoms in total. The lowest BCUT2D eigenvalue weighted by Crippen LogP contribution is -2.21. The summed E-state index contributed by atoms with van der Waals surface area (Å²) in [6.07, 6.45) is 0. The molecule has 30 heavy (non-hydrogen) atoms. The van der Waals surface area contributed by atoms with E-state index >= 15 is 0 Å². The highest BCUT2D eigenvalue weighted by Gasteiger charge is 2.11. The molecule has 3 rings (SSSR count). The molecule has 0 saturated heterocycles. The maximum absolute atomic E-state index is 12.1. The first-order valence-electron chi connectivity index (χ1n) is 9.45. The number of nitrogens with one attached hydrogen (secondary N) is 1. The highest BCUT2D eigenvalue weighted by Crippen LogP contribution is 2.17. The van der Waals surface area contributed by atoms with E-state index in [9.17, 15) is 9.59 Å². The average molecular weight is 405 g/mol. The maximum Gasteiger partial charge on any atom is 0.338 e. The van der Waals surface area contributed by atoms with Gasteiger partial charge in [-0.15, -0.1) is 0 Å². The number of carbonyl (C=O) groups is 2. The minimum atomic E-state index is -0.562. The Labute approximate surface area is 175 Å². The summed E-state index contributed by atoms with van der Waals surface area (Å²) >= 11 is 0. The van der Waals surface area contributed by atoms with Gasteiger partial charge < -0.3 is 19.5 Å². The molecule has 0 aromatic heterocycles. The van der Waals surface area contributed by atoms with E-state index in [2.05, 4.69) is 5.32 Å². The Balaban J connectivity index is 1.45. The summed E-state index contributed by atoms with van der Waals surface area (Å²) in [5.41, 5.74) is 2.89. The molecule has 0 fully saturated rings. The van der Waals surface area contributed by atoms with Crippen LogP contribution in [0.25, 0.3) is 0 Å². The molecule has 0 heterocycles. The Hall–Kier alpha value is -3.64. The molecule has 0 spiro atoms. The summed E-state index contributed by atoms with van der Waals surface area (Å²) in [6, 6.07) is 23.8. The molecule has 0 aliphatic carbocycles. The van der Waals surface area contributed by atoms with E-state index in [1.165, 1.54) is 0 Å². The van der Waals surface area contributed by atoms with Gasteiger partial charge in [0.1, 0.15) is 12.4 Å². The van der Waals surface area contributed by atoms with Crippen LogP contribution in [0.3, 0.4) is 0 Å². The summed E-state index contributed by atoms with van der Waals surface area (Å²) in [5.74, 6) is -0.290. The van der Waals surface area contributed by atoms with Gasteiger partial charge in [-0.05, 0) is 47.5 Å². The van der Waals surface area contributed by atoms with Gasteiger partial charge in [-0.1, -0.05) is 42.5 Å². The minimum absolute atomic E-state index is 0.372. The summed E-state index contributed by atoms with van der Waals surface area (Å²) in [5, 5.41) is 2.69. The number of amides is 1. The van der Waals surface area contributed by atoms with Gasteiger partial charge >= 0.3 is 5.97 Å². The highest BCUT2D eigenvalue weighted by molar-refractivity contribution is 5.95. The molecule has 3 aromatic rings. The van der Waals surface area contributed by atoms with Crippen molar-refractivity contribution in [1.29, 1.82) is 0 Å². The van der Waals surface area contributed by atoms with Crippen LogP contribution in [0.5, 0.6) is 5.75 Å². The van der Waals surface area contributed by atoms with Crippen molar-refractivity contribution in [3.8, 4) is 5.75 Å². The van der Waals surface area contributed by atoms with E-state index in [0.29, 0.717) is 30.2 Å². The molecular weight excluding hydrogens is 382 g/mol. The van der Waals surface area contributed by atoms with Gasteiger partial charge in [0.25, 0.3) is 5.91 Å². The van der Waals surface area contributed by atoms with Crippen molar-refractivity contribution >= 4 is 17.6 Å². The lowest BCUT2D eigenvalue weighted by molar-refractivity contribution is -0.119. The molecule has 0 aliphatic rings. The third-order valence-corrected chi connectivity index (χ3v) is 4.19. The van der Waals surface area contributed by atoms with E-state index < -0.39 is 11.9 Å². The van der Waals surface area contributed by atoms with Gasteiger partial charge in [-0.2, -0.15) is 0 Å². The molecule has 3 aromatic carbocycles. The zero-order chi connectivity index (χ0) is 21.2. The predicted molar refractivity (Wildman–Crippen MR) is 113 cm³/mol. The third-order valence-electron chi connectivity index (χ3n) is 4.19. The zero-order valence-electron chi connectivity index (χ0n) is 16.7. The monoisotopic (exact) mass is 405 g/mol. The lowest BCUT2D eigenvalue weighted by Gasteiger charge is -2.09. The lowest BCUT2D eigenvalue weighted by atomic mass is 10.1. The molecule has 0 radical (unpaired) electrons. The van der Waals surface area contributed by atoms with Crippen LogP contribution in [0.1, 0.15) is 21.5 Å². The topological polar surface area (TPSA) is 73.9 Å². The second-order valence-corrected chi connectivity index (χ2v) is 6.56. The third kappa shape index (κ3) is 6.46. The molecular formula is C24H23NO5.